The van der Waals surface area contributed by atoms with Crippen LogP contribution in [0.3, 0.4) is 0 Å². The van der Waals surface area contributed by atoms with Gasteiger partial charge in [0, 0.05) is 6.07 Å². The zero-order valence-corrected chi connectivity index (χ0v) is 17.3. The molecule has 0 N–H and O–H groups in total. The van der Waals surface area contributed by atoms with E-state index in [1.165, 1.54) is 36.4 Å². The van der Waals surface area contributed by atoms with Crippen molar-refractivity contribution in [3.05, 3.63) is 125 Å². The molecule has 5 rings (SSSR count). The van der Waals surface area contributed by atoms with Crippen LogP contribution in [0, 0.1) is 5.82 Å². The molecule has 0 saturated carbocycles. The van der Waals surface area contributed by atoms with Crippen LogP contribution >= 0.6 is 0 Å². The second-order valence-corrected chi connectivity index (χ2v) is 7.46. The Labute approximate surface area is 189 Å². The maximum Gasteiger partial charge on any atom is 0.346 e. The molecule has 4 nitrogen and oxygen atoms in total. The number of ether oxygens (including phenoxy) is 2. The van der Waals surface area contributed by atoms with Gasteiger partial charge < -0.3 is 9.47 Å². The number of hydrogen-bond donors (Lipinski definition) is 0. The molecule has 0 fully saturated rings. The summed E-state index contributed by atoms with van der Waals surface area (Å²) in [4.78, 5) is 25.0. The number of hydrogen-bond acceptors (Lipinski definition) is 4. The van der Waals surface area contributed by atoms with E-state index in [4.69, 9.17) is 9.47 Å². The summed E-state index contributed by atoms with van der Waals surface area (Å²) in [6, 6.07) is 27.8. The Balaban J connectivity index is 1.34. The fraction of sp³-hybridized carbons (Fsp3) is 0. The fourth-order valence-electron chi connectivity index (χ4n) is 3.57. The lowest BCUT2D eigenvalue weighted by atomic mass is 10.0. The molecule has 0 saturated heterocycles. The normalized spacial score (nSPS) is 13.5. The zero-order chi connectivity index (χ0) is 22.8. The van der Waals surface area contributed by atoms with E-state index in [9.17, 15) is 14.0 Å². The Morgan fingerprint density at radius 1 is 0.818 bits per heavy atom. The van der Waals surface area contributed by atoms with Gasteiger partial charge in [-0.3, -0.25) is 4.79 Å². The Kier molecular flexibility index (Phi) is 5.29. The van der Waals surface area contributed by atoms with Gasteiger partial charge in [0.15, 0.2) is 5.76 Å². The van der Waals surface area contributed by atoms with E-state index in [0.717, 1.165) is 16.7 Å². The van der Waals surface area contributed by atoms with Gasteiger partial charge in [-0.25, -0.2) is 9.18 Å². The van der Waals surface area contributed by atoms with Crippen LogP contribution in [0.25, 0.3) is 17.2 Å². The summed E-state index contributed by atoms with van der Waals surface area (Å²) in [5, 5.41) is 0. The molecule has 0 unspecified atom stereocenters. The molecule has 1 aliphatic rings. The molecule has 1 heterocycles. The second-order valence-electron chi connectivity index (χ2n) is 7.46. The van der Waals surface area contributed by atoms with Gasteiger partial charge in [0.05, 0.1) is 11.1 Å². The van der Waals surface area contributed by atoms with Crippen LogP contribution in [-0.4, -0.2) is 11.8 Å². The maximum absolute atomic E-state index is 13.8. The number of rotatable bonds is 4. The van der Waals surface area contributed by atoms with Gasteiger partial charge in [0.2, 0.25) is 5.78 Å². The number of benzene rings is 4. The molecule has 4 aromatic carbocycles. The van der Waals surface area contributed by atoms with E-state index in [1.807, 2.05) is 54.6 Å². The van der Waals surface area contributed by atoms with Gasteiger partial charge in [-0.05, 0) is 47.0 Å². The van der Waals surface area contributed by atoms with E-state index in [-0.39, 0.29) is 28.6 Å². The third-order valence-corrected chi connectivity index (χ3v) is 5.26. The van der Waals surface area contributed by atoms with Gasteiger partial charge in [-0.1, -0.05) is 66.7 Å². The number of carbonyl (C=O) groups excluding carboxylic acids is 2. The lowest BCUT2D eigenvalue weighted by Gasteiger charge is -2.06. The molecule has 0 spiro atoms. The zero-order valence-electron chi connectivity index (χ0n) is 17.3. The SMILES string of the molecule is O=C(Oc1ccc2c(c1)O/C(=C\c1ccc(-c3ccccc3)cc1)C2=O)c1ccccc1F. The highest BCUT2D eigenvalue weighted by Gasteiger charge is 2.28. The first-order valence-electron chi connectivity index (χ1n) is 10.3. The smallest absolute Gasteiger partial charge is 0.346 e. The summed E-state index contributed by atoms with van der Waals surface area (Å²) in [6.07, 6.45) is 1.67. The highest BCUT2D eigenvalue weighted by Crippen LogP contribution is 2.35. The van der Waals surface area contributed by atoms with Crippen LogP contribution in [0.4, 0.5) is 4.39 Å². The molecule has 160 valence electrons. The second kappa shape index (κ2) is 8.55. The Morgan fingerprint density at radius 2 is 1.52 bits per heavy atom. The molecule has 0 aromatic heterocycles. The topological polar surface area (TPSA) is 52.6 Å². The van der Waals surface area contributed by atoms with E-state index < -0.39 is 11.8 Å². The highest BCUT2D eigenvalue weighted by molar-refractivity contribution is 6.14. The highest BCUT2D eigenvalue weighted by atomic mass is 19.1. The van der Waals surface area contributed by atoms with Crippen molar-refractivity contribution >= 4 is 17.8 Å². The Morgan fingerprint density at radius 3 is 2.27 bits per heavy atom. The lowest BCUT2D eigenvalue weighted by molar-refractivity contribution is 0.0729. The molecule has 0 bridgehead atoms. The van der Waals surface area contributed by atoms with Gasteiger partial charge >= 0.3 is 5.97 Å². The van der Waals surface area contributed by atoms with E-state index >= 15 is 0 Å². The van der Waals surface area contributed by atoms with Gasteiger partial charge in [-0.15, -0.1) is 0 Å². The summed E-state index contributed by atoms with van der Waals surface area (Å²) < 4.78 is 24.8. The lowest BCUT2D eigenvalue weighted by Crippen LogP contribution is -2.10. The molecular weight excluding hydrogens is 419 g/mol. The van der Waals surface area contributed by atoms with Crippen molar-refractivity contribution in [2.45, 2.75) is 0 Å². The summed E-state index contributed by atoms with van der Waals surface area (Å²) in [5.74, 6) is -1.14. The van der Waals surface area contributed by atoms with Crippen LogP contribution in [0.1, 0.15) is 26.3 Å². The number of allylic oxidation sites excluding steroid dienone is 1. The molecule has 0 amide bonds. The number of esters is 1. The van der Waals surface area contributed by atoms with Gasteiger partial charge in [-0.2, -0.15) is 0 Å². The quantitative estimate of drug-likeness (QED) is 0.213. The summed E-state index contributed by atoms with van der Waals surface area (Å²) in [7, 11) is 0. The van der Waals surface area contributed by atoms with E-state index in [1.54, 1.807) is 12.1 Å². The average Bonchev–Trinajstić information content (AvgIpc) is 3.14. The van der Waals surface area contributed by atoms with Crippen molar-refractivity contribution in [2.75, 3.05) is 0 Å². The minimum Gasteiger partial charge on any atom is -0.452 e. The van der Waals surface area contributed by atoms with Crippen LogP contribution in [-0.2, 0) is 0 Å². The fourth-order valence-corrected chi connectivity index (χ4v) is 3.57. The van der Waals surface area contributed by atoms with Crippen LogP contribution in [0.15, 0.2) is 103 Å². The first-order valence-corrected chi connectivity index (χ1v) is 10.3. The van der Waals surface area contributed by atoms with E-state index in [0.29, 0.717) is 5.56 Å². The number of ketones is 1. The minimum absolute atomic E-state index is 0.156. The standard InChI is InChI=1S/C28H17FO4/c29-24-9-5-4-8-22(24)28(31)32-21-14-15-23-25(17-21)33-26(27(23)30)16-18-10-12-20(13-11-18)19-6-2-1-3-7-19/h1-17H/b26-16-. The van der Waals surface area contributed by atoms with Crippen molar-refractivity contribution in [1.29, 1.82) is 0 Å². The summed E-state index contributed by atoms with van der Waals surface area (Å²) >= 11 is 0. The molecule has 0 radical (unpaired) electrons. The molecule has 4 aromatic rings. The largest absolute Gasteiger partial charge is 0.452 e. The van der Waals surface area contributed by atoms with Gasteiger partial charge in [0.1, 0.15) is 17.3 Å². The molecular formula is C28H17FO4. The van der Waals surface area contributed by atoms with Crippen molar-refractivity contribution in [3.63, 3.8) is 0 Å². The predicted molar refractivity (Wildman–Crippen MR) is 123 cm³/mol. The number of Topliss-reactive ketones (excluding diaryl/α,β-unsaturated/α-hetero) is 1. The van der Waals surface area contributed by atoms with Crippen molar-refractivity contribution in [3.8, 4) is 22.6 Å². The number of halogens is 1. The third kappa shape index (κ3) is 4.16. The van der Waals surface area contributed by atoms with Crippen LogP contribution < -0.4 is 9.47 Å². The van der Waals surface area contributed by atoms with Crippen LogP contribution in [0.5, 0.6) is 11.5 Å². The predicted octanol–water partition coefficient (Wildman–Crippen LogP) is 6.33. The minimum atomic E-state index is -0.827. The van der Waals surface area contributed by atoms with Gasteiger partial charge in [0.25, 0.3) is 0 Å². The van der Waals surface area contributed by atoms with Crippen LogP contribution in [0.2, 0.25) is 0 Å². The first kappa shape index (κ1) is 20.4. The Bertz CT molecular complexity index is 1390. The van der Waals surface area contributed by atoms with E-state index in [2.05, 4.69) is 0 Å². The Hall–Kier alpha value is -4.51. The molecule has 0 aliphatic carbocycles. The molecule has 33 heavy (non-hydrogen) atoms. The maximum atomic E-state index is 13.8. The third-order valence-electron chi connectivity index (χ3n) is 5.26. The van der Waals surface area contributed by atoms with Crippen molar-refractivity contribution in [2.24, 2.45) is 0 Å². The first-order chi connectivity index (χ1) is 16.1. The summed E-state index contributed by atoms with van der Waals surface area (Å²) in [5.41, 5.74) is 3.19. The molecule has 1 aliphatic heterocycles. The molecule has 0 atom stereocenters. The molecule has 5 heteroatoms. The monoisotopic (exact) mass is 436 g/mol. The number of fused-ring (bicyclic) bond motifs is 1. The van der Waals surface area contributed by atoms with Crippen molar-refractivity contribution in [1.82, 2.24) is 0 Å². The number of carbonyl (C=O) groups is 2. The summed E-state index contributed by atoms with van der Waals surface area (Å²) in [6.45, 7) is 0. The average molecular weight is 436 g/mol. The van der Waals surface area contributed by atoms with Crippen molar-refractivity contribution < 1.29 is 23.5 Å².